The molecule has 7 nitrogen and oxygen atoms in total. The number of pyridine rings is 1. The van der Waals surface area contributed by atoms with Crippen molar-refractivity contribution in [2.75, 3.05) is 5.73 Å². The summed E-state index contributed by atoms with van der Waals surface area (Å²) < 4.78 is 6.22. The number of hydrogen-bond donors (Lipinski definition) is 2. The van der Waals surface area contributed by atoms with E-state index in [-0.39, 0.29) is 41.3 Å². The number of aromatic nitrogens is 1. The Morgan fingerprint density at radius 2 is 1.91 bits per heavy atom. The number of amides is 1. The Labute approximate surface area is 191 Å². The number of carboxylic acids is 1. The first-order chi connectivity index (χ1) is 15.1. The zero-order valence-electron chi connectivity index (χ0n) is 20.3. The van der Waals surface area contributed by atoms with Gasteiger partial charge in [-0.3, -0.25) is 9.78 Å². The van der Waals surface area contributed by atoms with Crippen molar-refractivity contribution in [3.63, 3.8) is 0 Å². The Bertz CT molecular complexity index is 973. The Morgan fingerprint density at radius 1 is 1.25 bits per heavy atom. The van der Waals surface area contributed by atoms with Gasteiger partial charge in [0.2, 0.25) is 5.91 Å². The minimum atomic E-state index is -1.11. The Hall–Kier alpha value is -2.83. The summed E-state index contributed by atoms with van der Waals surface area (Å²) in [4.78, 5) is 30.7. The van der Waals surface area contributed by atoms with E-state index < -0.39 is 5.97 Å². The van der Waals surface area contributed by atoms with Crippen LogP contribution in [0.15, 0.2) is 18.2 Å². The number of anilines is 1. The van der Waals surface area contributed by atoms with Crippen LogP contribution >= 0.6 is 0 Å². The van der Waals surface area contributed by atoms with E-state index in [1.54, 1.807) is 19.1 Å². The van der Waals surface area contributed by atoms with Crippen LogP contribution in [0.2, 0.25) is 0 Å². The quantitative estimate of drug-likeness (QED) is 0.648. The summed E-state index contributed by atoms with van der Waals surface area (Å²) in [5.74, 6) is -0.450. The van der Waals surface area contributed by atoms with Crippen LogP contribution in [0.5, 0.6) is 5.75 Å². The van der Waals surface area contributed by atoms with Gasteiger partial charge < -0.3 is 20.5 Å². The molecule has 0 saturated carbocycles. The maximum absolute atomic E-state index is 12.7. The number of carbonyl (C=O) groups is 2. The highest BCUT2D eigenvalue weighted by atomic mass is 16.5. The van der Waals surface area contributed by atoms with Crippen LogP contribution in [0.1, 0.15) is 76.9 Å². The number of hydrogen-bond acceptors (Lipinski definition) is 5. The Balaban J connectivity index is 0.00000176. The summed E-state index contributed by atoms with van der Waals surface area (Å²) in [6.45, 7) is 13.6. The molecule has 32 heavy (non-hydrogen) atoms. The number of likely N-dealkylation sites (tertiary alicyclic amines) is 1. The second kappa shape index (κ2) is 10.7. The highest BCUT2D eigenvalue weighted by Crippen LogP contribution is 2.35. The van der Waals surface area contributed by atoms with E-state index in [9.17, 15) is 14.7 Å². The molecular weight excluding hydrogens is 406 g/mol. The van der Waals surface area contributed by atoms with Gasteiger partial charge in [0.25, 0.3) is 0 Å². The molecule has 0 radical (unpaired) electrons. The van der Waals surface area contributed by atoms with Gasteiger partial charge >= 0.3 is 5.97 Å². The first kappa shape index (κ1) is 25.4. The molecule has 1 aromatic heterocycles. The van der Waals surface area contributed by atoms with Crippen molar-refractivity contribution in [2.45, 2.75) is 85.9 Å². The summed E-state index contributed by atoms with van der Waals surface area (Å²) in [5.41, 5.74) is 7.37. The van der Waals surface area contributed by atoms with Gasteiger partial charge in [0.1, 0.15) is 11.3 Å². The van der Waals surface area contributed by atoms with E-state index in [1.165, 1.54) is 0 Å². The summed E-state index contributed by atoms with van der Waals surface area (Å²) >= 11 is 0. The Kier molecular flexibility index (Phi) is 8.47. The van der Waals surface area contributed by atoms with E-state index in [2.05, 4.69) is 11.9 Å². The molecule has 1 saturated heterocycles. The normalized spacial score (nSPS) is 18.9. The summed E-state index contributed by atoms with van der Waals surface area (Å²) in [7, 11) is 0. The van der Waals surface area contributed by atoms with Crippen LogP contribution in [0.3, 0.4) is 0 Å². The third-order valence-electron chi connectivity index (χ3n) is 5.87. The van der Waals surface area contributed by atoms with Crippen molar-refractivity contribution in [3.05, 3.63) is 29.5 Å². The molecule has 3 unspecified atom stereocenters. The van der Waals surface area contributed by atoms with Crippen molar-refractivity contribution in [2.24, 2.45) is 5.92 Å². The molecule has 176 valence electrons. The Morgan fingerprint density at radius 3 is 2.50 bits per heavy atom. The van der Waals surface area contributed by atoms with Gasteiger partial charge in [-0.2, -0.15) is 0 Å². The van der Waals surface area contributed by atoms with Gasteiger partial charge in [-0.15, -0.1) is 0 Å². The van der Waals surface area contributed by atoms with Crippen LogP contribution in [0.4, 0.5) is 5.69 Å². The van der Waals surface area contributed by atoms with E-state index in [4.69, 9.17) is 10.5 Å². The van der Waals surface area contributed by atoms with Gasteiger partial charge in [0.05, 0.1) is 28.4 Å². The van der Waals surface area contributed by atoms with E-state index in [1.807, 2.05) is 45.6 Å². The molecule has 1 aliphatic rings. The van der Waals surface area contributed by atoms with Crippen molar-refractivity contribution < 1.29 is 19.4 Å². The fourth-order valence-electron chi connectivity index (χ4n) is 4.45. The number of ether oxygens (including phenoxy) is 1. The van der Waals surface area contributed by atoms with Gasteiger partial charge in [-0.1, -0.05) is 33.8 Å². The topological polar surface area (TPSA) is 106 Å². The number of aryl methyl sites for hydroxylation is 1. The van der Waals surface area contributed by atoms with Crippen LogP contribution in [-0.4, -0.2) is 45.1 Å². The van der Waals surface area contributed by atoms with Crippen LogP contribution in [-0.2, 0) is 4.79 Å². The largest absolute Gasteiger partial charge is 0.490 e. The summed E-state index contributed by atoms with van der Waals surface area (Å²) in [6.07, 6.45) is 2.46. The molecule has 1 aromatic carbocycles. The minimum absolute atomic E-state index is 0.00419. The average molecular weight is 444 g/mol. The average Bonchev–Trinajstić information content (AvgIpc) is 3.08. The summed E-state index contributed by atoms with van der Waals surface area (Å²) in [6, 6.07) is 5.77. The molecule has 1 aliphatic heterocycles. The third kappa shape index (κ3) is 5.14. The van der Waals surface area contributed by atoms with Crippen molar-refractivity contribution >= 4 is 28.5 Å². The number of carbonyl (C=O) groups excluding carboxylic acids is 1. The van der Waals surface area contributed by atoms with Crippen LogP contribution in [0.25, 0.3) is 10.9 Å². The molecular formula is C25H37N3O4. The van der Waals surface area contributed by atoms with Crippen LogP contribution in [0, 0.1) is 12.8 Å². The number of benzene rings is 1. The highest BCUT2D eigenvalue weighted by Gasteiger charge is 2.36. The molecule has 1 fully saturated rings. The van der Waals surface area contributed by atoms with E-state index in [0.29, 0.717) is 28.8 Å². The van der Waals surface area contributed by atoms with Crippen molar-refractivity contribution in [1.82, 2.24) is 9.88 Å². The number of nitrogens with zero attached hydrogens (tertiary/aromatic N) is 2. The first-order valence-electron chi connectivity index (χ1n) is 11.5. The monoisotopic (exact) mass is 443 g/mol. The molecule has 2 aromatic rings. The third-order valence-corrected chi connectivity index (χ3v) is 5.87. The fourth-order valence-corrected chi connectivity index (χ4v) is 4.45. The second-order valence-electron chi connectivity index (χ2n) is 8.59. The fraction of sp³-hybridized carbons (Fsp3) is 0.560. The molecule has 0 bridgehead atoms. The van der Waals surface area contributed by atoms with Gasteiger partial charge in [-0.25, -0.2) is 4.79 Å². The van der Waals surface area contributed by atoms with Crippen LogP contribution < -0.4 is 10.5 Å². The maximum Gasteiger partial charge on any atom is 0.339 e. The number of carboxylic acid groups (broad SMARTS) is 1. The SMILES string of the molecule is CC.Cc1nc2cccc(OC(C)CC3CCC(C)N3C(=O)C(C)C)c2c(N)c1C(=O)O. The minimum Gasteiger partial charge on any atom is -0.490 e. The molecule has 3 N–H and O–H groups in total. The molecule has 0 aliphatic carbocycles. The molecule has 7 heteroatoms. The number of nitrogens with two attached hydrogens (primary N) is 1. The molecule has 3 rings (SSSR count). The molecule has 3 atom stereocenters. The van der Waals surface area contributed by atoms with E-state index >= 15 is 0 Å². The van der Waals surface area contributed by atoms with Crippen molar-refractivity contribution in [3.8, 4) is 5.75 Å². The van der Waals surface area contributed by atoms with Crippen molar-refractivity contribution in [1.29, 1.82) is 0 Å². The highest BCUT2D eigenvalue weighted by molar-refractivity contribution is 6.06. The lowest BCUT2D eigenvalue weighted by Crippen LogP contribution is -2.43. The lowest BCUT2D eigenvalue weighted by Gasteiger charge is -2.32. The molecule has 1 amide bonds. The standard InChI is InChI=1S/C23H31N3O4.C2H6/c1-12(2)22(27)26-13(3)9-10-16(26)11-14(4)30-18-8-6-7-17-20(18)21(24)19(23(28)29)15(5)25-17;1-2/h6-8,12-14,16H,9-11H2,1-5H3,(H2,24,25)(H,28,29);1-2H3. The first-order valence-corrected chi connectivity index (χ1v) is 11.5. The number of rotatable bonds is 6. The molecule has 2 heterocycles. The lowest BCUT2D eigenvalue weighted by atomic mass is 10.0. The van der Waals surface area contributed by atoms with E-state index in [0.717, 1.165) is 12.8 Å². The number of nitrogen functional groups attached to an aromatic ring is 1. The molecule has 0 spiro atoms. The number of fused-ring (bicyclic) bond motifs is 1. The predicted molar refractivity (Wildman–Crippen MR) is 128 cm³/mol. The zero-order chi connectivity index (χ0) is 24.2. The van der Waals surface area contributed by atoms with Gasteiger partial charge in [0.15, 0.2) is 0 Å². The second-order valence-corrected chi connectivity index (χ2v) is 8.59. The van der Waals surface area contributed by atoms with Gasteiger partial charge in [0, 0.05) is 24.4 Å². The maximum atomic E-state index is 12.7. The zero-order valence-corrected chi connectivity index (χ0v) is 20.3. The lowest BCUT2D eigenvalue weighted by molar-refractivity contribution is -0.137. The van der Waals surface area contributed by atoms with Gasteiger partial charge in [-0.05, 0) is 45.7 Å². The smallest absolute Gasteiger partial charge is 0.339 e. The summed E-state index contributed by atoms with van der Waals surface area (Å²) in [5, 5.41) is 10.0. The number of aromatic carboxylic acids is 1. The predicted octanol–water partition coefficient (Wildman–Crippen LogP) is 5.04.